The summed E-state index contributed by atoms with van der Waals surface area (Å²) in [5.41, 5.74) is 8.58. The molecule has 150 valence electrons. The SMILES string of the molecule is CC(=Nc1c(C)cc(-c2c(C)noc2C)cc1C(C)c1ccc(F)cc1)C1CC1. The van der Waals surface area contributed by atoms with Crippen LogP contribution in [-0.4, -0.2) is 10.9 Å². The Bertz CT molecular complexity index is 1060. The van der Waals surface area contributed by atoms with Crippen molar-refractivity contribution in [2.45, 2.75) is 53.4 Å². The average Bonchev–Trinajstić information content (AvgIpc) is 3.48. The fourth-order valence-corrected chi connectivity index (χ4v) is 4.03. The third-order valence-corrected chi connectivity index (χ3v) is 5.94. The highest BCUT2D eigenvalue weighted by molar-refractivity contribution is 5.90. The van der Waals surface area contributed by atoms with Gasteiger partial charge >= 0.3 is 0 Å². The maximum absolute atomic E-state index is 13.5. The second-order valence-electron chi connectivity index (χ2n) is 8.23. The molecule has 0 radical (unpaired) electrons. The van der Waals surface area contributed by atoms with E-state index in [0.717, 1.165) is 45.0 Å². The molecule has 1 unspecified atom stereocenters. The Hall–Kier alpha value is -2.75. The number of aromatic nitrogens is 1. The van der Waals surface area contributed by atoms with Gasteiger partial charge in [-0.2, -0.15) is 0 Å². The van der Waals surface area contributed by atoms with Gasteiger partial charge in [-0.1, -0.05) is 24.2 Å². The first-order valence-corrected chi connectivity index (χ1v) is 10.2. The lowest BCUT2D eigenvalue weighted by Crippen LogP contribution is -2.01. The van der Waals surface area contributed by atoms with Crippen LogP contribution in [0.2, 0.25) is 0 Å². The lowest BCUT2D eigenvalue weighted by molar-refractivity contribution is 0.393. The number of halogens is 1. The van der Waals surface area contributed by atoms with E-state index in [4.69, 9.17) is 9.52 Å². The van der Waals surface area contributed by atoms with Crippen LogP contribution >= 0.6 is 0 Å². The van der Waals surface area contributed by atoms with Crippen LogP contribution in [0.1, 0.15) is 60.8 Å². The molecular formula is C25H27FN2O. The van der Waals surface area contributed by atoms with Crippen LogP contribution in [0.5, 0.6) is 0 Å². The molecule has 0 bridgehead atoms. The Morgan fingerprint density at radius 2 is 1.83 bits per heavy atom. The van der Waals surface area contributed by atoms with Crippen molar-refractivity contribution in [1.29, 1.82) is 0 Å². The van der Waals surface area contributed by atoms with Crippen molar-refractivity contribution < 1.29 is 8.91 Å². The minimum atomic E-state index is -0.218. The molecule has 0 spiro atoms. The molecule has 4 heteroatoms. The van der Waals surface area contributed by atoms with Gasteiger partial charge in [0.1, 0.15) is 11.6 Å². The number of hydrogen-bond donors (Lipinski definition) is 0. The molecule has 1 aromatic heterocycles. The summed E-state index contributed by atoms with van der Waals surface area (Å²) in [6.07, 6.45) is 2.46. The van der Waals surface area contributed by atoms with Crippen molar-refractivity contribution >= 4 is 11.4 Å². The van der Waals surface area contributed by atoms with Crippen LogP contribution in [0.4, 0.5) is 10.1 Å². The normalized spacial score (nSPS) is 15.6. The maximum Gasteiger partial charge on any atom is 0.141 e. The number of hydrogen-bond acceptors (Lipinski definition) is 3. The molecule has 4 rings (SSSR count). The lowest BCUT2D eigenvalue weighted by Gasteiger charge is -2.19. The van der Waals surface area contributed by atoms with Gasteiger partial charge < -0.3 is 4.52 Å². The van der Waals surface area contributed by atoms with Gasteiger partial charge in [-0.25, -0.2) is 4.39 Å². The molecule has 0 aliphatic heterocycles. The molecule has 1 atom stereocenters. The molecule has 1 aliphatic rings. The monoisotopic (exact) mass is 390 g/mol. The second-order valence-corrected chi connectivity index (χ2v) is 8.23. The molecule has 2 aromatic carbocycles. The molecule has 1 saturated carbocycles. The van der Waals surface area contributed by atoms with E-state index in [1.807, 2.05) is 26.0 Å². The number of aryl methyl sites for hydroxylation is 3. The first-order chi connectivity index (χ1) is 13.8. The van der Waals surface area contributed by atoms with Crippen LogP contribution in [0.25, 0.3) is 11.1 Å². The third-order valence-electron chi connectivity index (χ3n) is 5.94. The summed E-state index contributed by atoms with van der Waals surface area (Å²) in [7, 11) is 0. The number of aliphatic imine (C=N–C) groups is 1. The Kier molecular flexibility index (Phi) is 5.12. The molecule has 1 fully saturated rings. The Morgan fingerprint density at radius 3 is 2.41 bits per heavy atom. The van der Waals surface area contributed by atoms with Gasteiger partial charge in [0.25, 0.3) is 0 Å². The average molecular weight is 391 g/mol. The van der Waals surface area contributed by atoms with Gasteiger partial charge in [0, 0.05) is 17.2 Å². The predicted octanol–water partition coefficient (Wildman–Crippen LogP) is 7.06. The first kappa shape index (κ1) is 19.6. The van der Waals surface area contributed by atoms with Gasteiger partial charge in [-0.05, 0) is 93.0 Å². The molecule has 0 amide bonds. The number of benzene rings is 2. The van der Waals surface area contributed by atoms with E-state index >= 15 is 0 Å². The maximum atomic E-state index is 13.5. The largest absolute Gasteiger partial charge is 0.361 e. The zero-order valence-electron chi connectivity index (χ0n) is 17.7. The third kappa shape index (κ3) is 3.89. The smallest absolute Gasteiger partial charge is 0.141 e. The summed E-state index contributed by atoms with van der Waals surface area (Å²) in [4.78, 5) is 5.06. The van der Waals surface area contributed by atoms with E-state index in [-0.39, 0.29) is 11.7 Å². The van der Waals surface area contributed by atoms with Gasteiger partial charge in [-0.3, -0.25) is 4.99 Å². The van der Waals surface area contributed by atoms with Gasteiger partial charge in [0.2, 0.25) is 0 Å². The Morgan fingerprint density at radius 1 is 1.14 bits per heavy atom. The van der Waals surface area contributed by atoms with Crippen LogP contribution in [0, 0.1) is 32.5 Å². The van der Waals surface area contributed by atoms with Crippen LogP contribution in [0.3, 0.4) is 0 Å². The topological polar surface area (TPSA) is 38.4 Å². The Balaban J connectivity index is 1.89. The summed E-state index contributed by atoms with van der Waals surface area (Å²) in [6.45, 7) is 10.3. The summed E-state index contributed by atoms with van der Waals surface area (Å²) in [5.74, 6) is 1.29. The summed E-state index contributed by atoms with van der Waals surface area (Å²) in [6, 6.07) is 11.1. The predicted molar refractivity (Wildman–Crippen MR) is 116 cm³/mol. The highest BCUT2D eigenvalue weighted by Crippen LogP contribution is 2.41. The van der Waals surface area contributed by atoms with Crippen molar-refractivity contribution in [3.8, 4) is 11.1 Å². The zero-order valence-corrected chi connectivity index (χ0v) is 17.7. The number of rotatable bonds is 5. The second kappa shape index (κ2) is 7.58. The van der Waals surface area contributed by atoms with E-state index in [1.54, 1.807) is 0 Å². The summed E-state index contributed by atoms with van der Waals surface area (Å²) < 4.78 is 18.9. The number of nitrogens with zero attached hydrogens (tertiary/aromatic N) is 2. The molecule has 1 heterocycles. The highest BCUT2D eigenvalue weighted by atomic mass is 19.1. The first-order valence-electron chi connectivity index (χ1n) is 10.2. The molecule has 1 aliphatic carbocycles. The van der Waals surface area contributed by atoms with Crippen LogP contribution in [0.15, 0.2) is 45.9 Å². The van der Waals surface area contributed by atoms with Crippen molar-refractivity contribution in [3.63, 3.8) is 0 Å². The highest BCUT2D eigenvalue weighted by Gasteiger charge is 2.26. The van der Waals surface area contributed by atoms with Gasteiger partial charge in [0.05, 0.1) is 11.4 Å². The van der Waals surface area contributed by atoms with E-state index in [2.05, 4.69) is 38.1 Å². The molecule has 0 saturated heterocycles. The van der Waals surface area contributed by atoms with Gasteiger partial charge in [0.15, 0.2) is 0 Å². The van der Waals surface area contributed by atoms with Crippen molar-refractivity contribution in [3.05, 3.63) is 70.4 Å². The lowest BCUT2D eigenvalue weighted by atomic mass is 9.87. The van der Waals surface area contributed by atoms with Crippen molar-refractivity contribution in [1.82, 2.24) is 5.16 Å². The molecule has 29 heavy (non-hydrogen) atoms. The van der Waals surface area contributed by atoms with Gasteiger partial charge in [-0.15, -0.1) is 0 Å². The van der Waals surface area contributed by atoms with Crippen molar-refractivity contribution in [2.24, 2.45) is 10.9 Å². The molecular weight excluding hydrogens is 363 g/mol. The molecule has 3 nitrogen and oxygen atoms in total. The van der Waals surface area contributed by atoms with Crippen molar-refractivity contribution in [2.75, 3.05) is 0 Å². The minimum absolute atomic E-state index is 0.0838. The molecule has 3 aromatic rings. The van der Waals surface area contributed by atoms with E-state index < -0.39 is 0 Å². The quantitative estimate of drug-likeness (QED) is 0.437. The summed E-state index contributed by atoms with van der Waals surface area (Å²) in [5, 5.41) is 4.12. The zero-order chi connectivity index (χ0) is 20.7. The van der Waals surface area contributed by atoms with E-state index in [9.17, 15) is 4.39 Å². The minimum Gasteiger partial charge on any atom is -0.361 e. The van der Waals surface area contributed by atoms with Crippen LogP contribution in [-0.2, 0) is 0 Å². The molecule has 0 N–H and O–H groups in total. The van der Waals surface area contributed by atoms with E-state index in [0.29, 0.717) is 5.92 Å². The fourth-order valence-electron chi connectivity index (χ4n) is 4.03. The van der Waals surface area contributed by atoms with E-state index in [1.165, 1.54) is 30.7 Å². The standard InChI is InChI=1S/C25H27FN2O/c1-14-12-21(24-17(4)28-29-18(24)5)13-23(25(14)27-16(3)20-6-7-20)15(2)19-8-10-22(26)11-9-19/h8-13,15,20H,6-7H2,1-5H3. The van der Waals surface area contributed by atoms with Crippen LogP contribution < -0.4 is 0 Å². The fraction of sp³-hybridized carbons (Fsp3) is 0.360. The Labute approximate surface area is 171 Å². The summed E-state index contributed by atoms with van der Waals surface area (Å²) >= 11 is 0.